The smallest absolute Gasteiger partial charge is 0.227 e. The highest BCUT2D eigenvalue weighted by molar-refractivity contribution is 5.94. The van der Waals surface area contributed by atoms with Crippen LogP contribution in [0.15, 0.2) is 18.2 Å². The lowest BCUT2D eigenvalue weighted by Crippen LogP contribution is -2.41. The van der Waals surface area contributed by atoms with Gasteiger partial charge in [0.15, 0.2) is 5.78 Å². The number of hydrogen-bond donors (Lipinski definition) is 0. The largest absolute Gasteiger partial charge is 0.496 e. The minimum atomic E-state index is -0.0144. The average molecular weight is 347 g/mol. The number of Topliss-reactive ketones (excluding diaryl/α,β-unsaturated/α-hetero) is 1. The lowest BCUT2D eigenvalue weighted by atomic mass is 10.0. The number of ketones is 1. The van der Waals surface area contributed by atoms with E-state index in [0.29, 0.717) is 17.2 Å². The van der Waals surface area contributed by atoms with Gasteiger partial charge in [-0.1, -0.05) is 13.8 Å². The molecule has 138 valence electrons. The third kappa shape index (κ3) is 5.56. The fourth-order valence-corrected chi connectivity index (χ4v) is 3.01. The number of amides is 1. The number of methoxy groups -OCH3 is 1. The van der Waals surface area contributed by atoms with Crippen molar-refractivity contribution in [1.82, 2.24) is 4.90 Å². The van der Waals surface area contributed by atoms with Crippen molar-refractivity contribution in [3.8, 4) is 5.75 Å². The first-order chi connectivity index (χ1) is 11.9. The number of ether oxygens (including phenoxy) is 2. The Kier molecular flexibility index (Phi) is 7.00. The summed E-state index contributed by atoms with van der Waals surface area (Å²) in [5, 5.41) is 0. The number of carbonyl (C=O) groups is 2. The molecule has 0 saturated carbocycles. The van der Waals surface area contributed by atoms with Gasteiger partial charge in [-0.25, -0.2) is 0 Å². The summed E-state index contributed by atoms with van der Waals surface area (Å²) in [6, 6.07) is 5.25. The van der Waals surface area contributed by atoms with Crippen LogP contribution in [-0.4, -0.2) is 49.5 Å². The molecule has 5 heteroatoms. The van der Waals surface area contributed by atoms with Crippen molar-refractivity contribution in [3.05, 3.63) is 29.3 Å². The van der Waals surface area contributed by atoms with Crippen molar-refractivity contribution in [2.45, 2.75) is 46.1 Å². The second-order valence-corrected chi connectivity index (χ2v) is 7.07. The van der Waals surface area contributed by atoms with Crippen LogP contribution in [-0.2, 0) is 16.0 Å². The molecule has 1 aliphatic rings. The van der Waals surface area contributed by atoms with Crippen LogP contribution in [0.5, 0.6) is 5.75 Å². The van der Waals surface area contributed by atoms with Crippen LogP contribution >= 0.6 is 0 Å². The molecule has 2 rings (SSSR count). The molecule has 25 heavy (non-hydrogen) atoms. The van der Waals surface area contributed by atoms with Gasteiger partial charge in [-0.3, -0.25) is 9.59 Å². The minimum absolute atomic E-state index is 0.0144. The Bertz CT molecular complexity index is 604. The van der Waals surface area contributed by atoms with Gasteiger partial charge in [-0.2, -0.15) is 0 Å². The molecule has 0 spiro atoms. The average Bonchev–Trinajstić information content (AvgIpc) is 2.60. The predicted molar refractivity (Wildman–Crippen MR) is 97.1 cm³/mol. The number of carbonyl (C=O) groups excluding carboxylic acids is 2. The van der Waals surface area contributed by atoms with Crippen molar-refractivity contribution in [2.75, 3.05) is 26.8 Å². The van der Waals surface area contributed by atoms with Crippen molar-refractivity contribution in [2.24, 2.45) is 5.92 Å². The van der Waals surface area contributed by atoms with Crippen molar-refractivity contribution in [1.29, 1.82) is 0 Å². The summed E-state index contributed by atoms with van der Waals surface area (Å²) in [5.74, 6) is 1.23. The van der Waals surface area contributed by atoms with E-state index in [1.165, 1.54) is 6.92 Å². The number of rotatable bonds is 7. The molecule has 1 aliphatic heterocycles. The maximum Gasteiger partial charge on any atom is 0.227 e. The molecule has 0 N–H and O–H groups in total. The van der Waals surface area contributed by atoms with Gasteiger partial charge >= 0.3 is 0 Å². The molecular formula is C20H29NO4. The molecule has 0 atom stereocenters. The van der Waals surface area contributed by atoms with E-state index in [1.807, 2.05) is 4.90 Å². The third-order valence-electron chi connectivity index (χ3n) is 4.49. The summed E-state index contributed by atoms with van der Waals surface area (Å²) < 4.78 is 11.2. The molecule has 0 aromatic heterocycles. The van der Waals surface area contributed by atoms with Crippen LogP contribution in [0, 0.1) is 5.92 Å². The molecule has 0 aliphatic carbocycles. The molecule has 5 nitrogen and oxygen atoms in total. The Labute approximate surface area is 150 Å². The zero-order chi connectivity index (χ0) is 18.4. The van der Waals surface area contributed by atoms with Gasteiger partial charge < -0.3 is 14.4 Å². The second-order valence-electron chi connectivity index (χ2n) is 7.07. The van der Waals surface area contributed by atoms with Crippen LogP contribution in [0.2, 0.25) is 0 Å². The summed E-state index contributed by atoms with van der Waals surface area (Å²) in [7, 11) is 1.58. The Hall–Kier alpha value is -1.88. The highest BCUT2D eigenvalue weighted by Gasteiger charge is 2.24. The highest BCUT2D eigenvalue weighted by atomic mass is 16.5. The molecule has 0 bridgehead atoms. The molecule has 1 saturated heterocycles. The number of nitrogens with zero attached hydrogens (tertiary/aromatic N) is 1. The van der Waals surface area contributed by atoms with E-state index in [2.05, 4.69) is 13.8 Å². The Balaban J connectivity index is 1.94. The van der Waals surface area contributed by atoms with E-state index < -0.39 is 0 Å². The second kappa shape index (κ2) is 8.99. The van der Waals surface area contributed by atoms with Gasteiger partial charge in [0, 0.05) is 30.8 Å². The number of hydrogen-bond acceptors (Lipinski definition) is 4. The zero-order valence-electron chi connectivity index (χ0n) is 15.7. The van der Waals surface area contributed by atoms with E-state index >= 15 is 0 Å². The molecular weight excluding hydrogens is 318 g/mol. The Morgan fingerprint density at radius 2 is 1.92 bits per heavy atom. The SMILES string of the molecule is COc1ccc(C(C)=O)cc1CC(=O)N1CCC(OCC(C)C)CC1. The first-order valence-corrected chi connectivity index (χ1v) is 8.98. The van der Waals surface area contributed by atoms with Crippen molar-refractivity contribution >= 4 is 11.7 Å². The van der Waals surface area contributed by atoms with Gasteiger partial charge in [0.2, 0.25) is 5.91 Å². The minimum Gasteiger partial charge on any atom is -0.496 e. The molecule has 1 fully saturated rings. The van der Waals surface area contributed by atoms with Crippen LogP contribution < -0.4 is 4.74 Å². The van der Waals surface area contributed by atoms with Crippen molar-refractivity contribution in [3.63, 3.8) is 0 Å². The standard InChI is InChI=1S/C20H29NO4/c1-14(2)13-25-18-7-9-21(10-8-18)20(23)12-17-11-16(15(3)22)5-6-19(17)24-4/h5-6,11,14,18H,7-10,12-13H2,1-4H3. The fourth-order valence-electron chi connectivity index (χ4n) is 3.01. The summed E-state index contributed by atoms with van der Waals surface area (Å²) in [5.41, 5.74) is 1.36. The Morgan fingerprint density at radius 1 is 1.24 bits per heavy atom. The molecule has 0 unspecified atom stereocenters. The maximum absolute atomic E-state index is 12.6. The molecule has 0 radical (unpaired) electrons. The Morgan fingerprint density at radius 3 is 2.48 bits per heavy atom. The fraction of sp³-hybridized carbons (Fsp3) is 0.600. The van der Waals surface area contributed by atoms with E-state index in [4.69, 9.17) is 9.47 Å². The van der Waals surface area contributed by atoms with E-state index in [1.54, 1.807) is 25.3 Å². The predicted octanol–water partition coefficient (Wildman–Crippen LogP) is 3.10. The van der Waals surface area contributed by atoms with Gasteiger partial charge in [-0.05, 0) is 43.9 Å². The topological polar surface area (TPSA) is 55.8 Å². The lowest BCUT2D eigenvalue weighted by Gasteiger charge is -2.32. The van der Waals surface area contributed by atoms with E-state index in [0.717, 1.165) is 38.1 Å². The number of piperidine rings is 1. The number of likely N-dealkylation sites (tertiary alicyclic amines) is 1. The maximum atomic E-state index is 12.6. The zero-order valence-corrected chi connectivity index (χ0v) is 15.7. The van der Waals surface area contributed by atoms with Crippen molar-refractivity contribution < 1.29 is 19.1 Å². The van der Waals surface area contributed by atoms with Gasteiger partial charge in [0.25, 0.3) is 0 Å². The first-order valence-electron chi connectivity index (χ1n) is 8.98. The normalized spacial score (nSPS) is 15.5. The van der Waals surface area contributed by atoms with Gasteiger partial charge in [0.1, 0.15) is 5.75 Å². The van der Waals surface area contributed by atoms with E-state index in [9.17, 15) is 9.59 Å². The van der Waals surface area contributed by atoms with E-state index in [-0.39, 0.29) is 24.2 Å². The van der Waals surface area contributed by atoms with Crippen LogP contribution in [0.1, 0.15) is 49.5 Å². The van der Waals surface area contributed by atoms with Crippen LogP contribution in [0.4, 0.5) is 0 Å². The molecule has 1 aromatic carbocycles. The molecule has 1 heterocycles. The summed E-state index contributed by atoms with van der Waals surface area (Å²) in [4.78, 5) is 26.1. The summed E-state index contributed by atoms with van der Waals surface area (Å²) >= 11 is 0. The first kappa shape index (κ1) is 19.4. The molecule has 1 amide bonds. The lowest BCUT2D eigenvalue weighted by molar-refractivity contribution is -0.133. The summed E-state index contributed by atoms with van der Waals surface area (Å²) in [6.07, 6.45) is 2.26. The van der Waals surface area contributed by atoms with Crippen LogP contribution in [0.25, 0.3) is 0 Å². The molecule has 1 aromatic rings. The number of benzene rings is 1. The third-order valence-corrected chi connectivity index (χ3v) is 4.49. The quantitative estimate of drug-likeness (QED) is 0.711. The van der Waals surface area contributed by atoms with Gasteiger partial charge in [-0.15, -0.1) is 0 Å². The summed E-state index contributed by atoms with van der Waals surface area (Å²) in [6.45, 7) is 8.01. The monoisotopic (exact) mass is 347 g/mol. The van der Waals surface area contributed by atoms with Gasteiger partial charge in [0.05, 0.1) is 19.6 Å². The van der Waals surface area contributed by atoms with Crippen LogP contribution in [0.3, 0.4) is 0 Å². The highest BCUT2D eigenvalue weighted by Crippen LogP contribution is 2.23.